The second kappa shape index (κ2) is 4.61. The first kappa shape index (κ1) is 11.0. The van der Waals surface area contributed by atoms with Gasteiger partial charge in [0, 0.05) is 12.7 Å². The van der Waals surface area contributed by atoms with Gasteiger partial charge in [-0.05, 0) is 30.5 Å². The maximum atomic E-state index is 4.45. The van der Waals surface area contributed by atoms with Crippen LogP contribution in [-0.4, -0.2) is 14.5 Å². The fourth-order valence-electron chi connectivity index (χ4n) is 2.11. The van der Waals surface area contributed by atoms with E-state index in [2.05, 4.69) is 44.9 Å². The van der Waals surface area contributed by atoms with Crippen LogP contribution in [0.3, 0.4) is 0 Å². The lowest BCUT2D eigenvalue weighted by molar-refractivity contribution is 0.709. The third kappa shape index (κ3) is 2.12. The number of benzene rings is 1. The number of aryl methyl sites for hydroxylation is 3. The lowest BCUT2D eigenvalue weighted by Gasteiger charge is -2.03. The van der Waals surface area contributed by atoms with Crippen LogP contribution < -0.4 is 0 Å². The Hall–Kier alpha value is -2.16. The van der Waals surface area contributed by atoms with Crippen molar-refractivity contribution in [1.82, 2.24) is 14.5 Å². The summed E-state index contributed by atoms with van der Waals surface area (Å²) < 4.78 is 2.11. The van der Waals surface area contributed by atoms with E-state index in [0.717, 1.165) is 29.7 Å². The second-order valence-corrected chi connectivity index (χ2v) is 4.53. The third-order valence-corrected chi connectivity index (χ3v) is 3.08. The number of imidazole rings is 1. The van der Waals surface area contributed by atoms with Crippen LogP contribution in [0.15, 0.2) is 48.9 Å². The molecule has 0 atom stereocenters. The zero-order valence-electron chi connectivity index (χ0n) is 10.4. The Bertz CT molecular complexity index is 656. The third-order valence-electron chi connectivity index (χ3n) is 3.08. The maximum absolute atomic E-state index is 4.45. The molecule has 0 N–H and O–H groups in total. The van der Waals surface area contributed by atoms with Crippen molar-refractivity contribution in [2.75, 3.05) is 0 Å². The summed E-state index contributed by atoms with van der Waals surface area (Å²) in [7, 11) is 0. The Morgan fingerprint density at radius 2 is 1.94 bits per heavy atom. The molecule has 0 radical (unpaired) electrons. The summed E-state index contributed by atoms with van der Waals surface area (Å²) in [6.45, 7) is 2.95. The summed E-state index contributed by atoms with van der Waals surface area (Å²) in [5.41, 5.74) is 4.43. The highest BCUT2D eigenvalue weighted by molar-refractivity contribution is 5.71. The maximum Gasteiger partial charge on any atom is 0.159 e. The minimum absolute atomic E-state index is 0.913. The van der Waals surface area contributed by atoms with E-state index in [4.69, 9.17) is 0 Å². The topological polar surface area (TPSA) is 30.7 Å². The van der Waals surface area contributed by atoms with Crippen molar-refractivity contribution in [3.05, 3.63) is 60.0 Å². The molecule has 0 unspecified atom stereocenters. The first-order valence-corrected chi connectivity index (χ1v) is 6.14. The van der Waals surface area contributed by atoms with Gasteiger partial charge in [0.2, 0.25) is 0 Å². The Morgan fingerprint density at radius 3 is 2.78 bits per heavy atom. The van der Waals surface area contributed by atoms with Gasteiger partial charge in [0.15, 0.2) is 5.65 Å². The summed E-state index contributed by atoms with van der Waals surface area (Å²) >= 11 is 0. The highest BCUT2D eigenvalue weighted by atomic mass is 15.1. The molecule has 0 fully saturated rings. The molecule has 0 spiro atoms. The van der Waals surface area contributed by atoms with E-state index in [1.165, 1.54) is 5.56 Å². The number of fused-ring (bicyclic) bond motifs is 1. The van der Waals surface area contributed by atoms with Crippen molar-refractivity contribution in [3.8, 4) is 0 Å². The molecule has 90 valence electrons. The first-order valence-electron chi connectivity index (χ1n) is 6.14. The summed E-state index contributed by atoms with van der Waals surface area (Å²) in [5.74, 6) is 0. The fourth-order valence-corrected chi connectivity index (χ4v) is 2.11. The van der Waals surface area contributed by atoms with Crippen LogP contribution in [0.2, 0.25) is 0 Å². The van der Waals surface area contributed by atoms with Gasteiger partial charge in [0.1, 0.15) is 5.52 Å². The number of hydrogen-bond acceptors (Lipinski definition) is 2. The van der Waals surface area contributed by atoms with E-state index >= 15 is 0 Å². The van der Waals surface area contributed by atoms with Crippen molar-refractivity contribution in [1.29, 1.82) is 0 Å². The van der Waals surface area contributed by atoms with Gasteiger partial charge in [-0.2, -0.15) is 0 Å². The van der Waals surface area contributed by atoms with Crippen molar-refractivity contribution in [2.45, 2.75) is 19.9 Å². The Kier molecular flexibility index (Phi) is 2.81. The molecule has 3 heteroatoms. The molecule has 0 aliphatic rings. The van der Waals surface area contributed by atoms with Gasteiger partial charge in [-0.15, -0.1) is 0 Å². The predicted octanol–water partition coefficient (Wildman–Crippen LogP) is 2.98. The SMILES string of the molecule is Cc1cnc2c(c1)ncn2CCc1ccccc1. The van der Waals surface area contributed by atoms with Gasteiger partial charge in [0.05, 0.1) is 6.33 Å². The highest BCUT2D eigenvalue weighted by Gasteiger charge is 2.03. The molecule has 2 aromatic heterocycles. The van der Waals surface area contributed by atoms with E-state index in [-0.39, 0.29) is 0 Å². The van der Waals surface area contributed by atoms with E-state index in [1.54, 1.807) is 0 Å². The van der Waals surface area contributed by atoms with Crippen molar-refractivity contribution in [2.24, 2.45) is 0 Å². The van der Waals surface area contributed by atoms with E-state index in [0.29, 0.717) is 0 Å². The zero-order chi connectivity index (χ0) is 12.4. The number of nitrogens with zero attached hydrogens (tertiary/aromatic N) is 3. The normalized spacial score (nSPS) is 10.9. The number of aromatic nitrogens is 3. The minimum Gasteiger partial charge on any atom is -0.315 e. The molecular formula is C15H15N3. The molecule has 0 aliphatic carbocycles. The van der Waals surface area contributed by atoms with Gasteiger partial charge in [-0.1, -0.05) is 30.3 Å². The van der Waals surface area contributed by atoms with Gasteiger partial charge in [-0.25, -0.2) is 9.97 Å². The minimum atomic E-state index is 0.913. The lowest BCUT2D eigenvalue weighted by atomic mass is 10.1. The Balaban J connectivity index is 1.83. The van der Waals surface area contributed by atoms with Crippen LogP contribution in [0.4, 0.5) is 0 Å². The van der Waals surface area contributed by atoms with Gasteiger partial charge >= 0.3 is 0 Å². The number of pyridine rings is 1. The van der Waals surface area contributed by atoms with Crippen LogP contribution in [0.1, 0.15) is 11.1 Å². The molecule has 0 saturated carbocycles. The highest BCUT2D eigenvalue weighted by Crippen LogP contribution is 2.12. The van der Waals surface area contributed by atoms with Gasteiger partial charge in [0.25, 0.3) is 0 Å². The molecule has 0 amide bonds. The largest absolute Gasteiger partial charge is 0.315 e. The van der Waals surface area contributed by atoms with Crippen molar-refractivity contribution >= 4 is 11.2 Å². The molecule has 18 heavy (non-hydrogen) atoms. The molecular weight excluding hydrogens is 222 g/mol. The smallest absolute Gasteiger partial charge is 0.159 e. The Labute approximate surface area is 106 Å². The summed E-state index contributed by atoms with van der Waals surface area (Å²) in [5, 5.41) is 0. The van der Waals surface area contributed by atoms with Gasteiger partial charge in [-0.3, -0.25) is 0 Å². The summed E-state index contributed by atoms with van der Waals surface area (Å²) in [6.07, 6.45) is 4.77. The zero-order valence-corrected chi connectivity index (χ0v) is 10.4. The number of rotatable bonds is 3. The molecule has 0 aliphatic heterocycles. The lowest BCUT2D eigenvalue weighted by Crippen LogP contribution is -2.00. The monoisotopic (exact) mass is 237 g/mol. The molecule has 1 aromatic carbocycles. The van der Waals surface area contributed by atoms with Gasteiger partial charge < -0.3 is 4.57 Å². The van der Waals surface area contributed by atoms with Crippen LogP contribution in [0.25, 0.3) is 11.2 Å². The molecule has 0 bridgehead atoms. The average molecular weight is 237 g/mol. The fraction of sp³-hybridized carbons (Fsp3) is 0.200. The average Bonchev–Trinajstić information content (AvgIpc) is 2.80. The van der Waals surface area contributed by atoms with Crippen LogP contribution in [0.5, 0.6) is 0 Å². The van der Waals surface area contributed by atoms with E-state index < -0.39 is 0 Å². The first-order chi connectivity index (χ1) is 8.83. The van der Waals surface area contributed by atoms with E-state index in [1.807, 2.05) is 25.5 Å². The molecule has 3 aromatic rings. The van der Waals surface area contributed by atoms with Crippen LogP contribution in [0, 0.1) is 6.92 Å². The van der Waals surface area contributed by atoms with E-state index in [9.17, 15) is 0 Å². The molecule has 3 nitrogen and oxygen atoms in total. The van der Waals surface area contributed by atoms with Crippen LogP contribution >= 0.6 is 0 Å². The quantitative estimate of drug-likeness (QED) is 0.701. The predicted molar refractivity (Wildman–Crippen MR) is 72.4 cm³/mol. The standard InChI is InChI=1S/C15H15N3/c1-12-9-14-15(16-10-12)18(11-17-14)8-7-13-5-3-2-4-6-13/h2-6,9-11H,7-8H2,1H3. The summed E-state index contributed by atoms with van der Waals surface area (Å²) in [6, 6.07) is 12.6. The van der Waals surface area contributed by atoms with Crippen LogP contribution in [-0.2, 0) is 13.0 Å². The van der Waals surface area contributed by atoms with Crippen molar-refractivity contribution < 1.29 is 0 Å². The molecule has 3 rings (SSSR count). The van der Waals surface area contributed by atoms with Crippen molar-refractivity contribution in [3.63, 3.8) is 0 Å². The molecule has 0 saturated heterocycles. The second-order valence-electron chi connectivity index (χ2n) is 4.53. The Morgan fingerprint density at radius 1 is 1.11 bits per heavy atom. The number of hydrogen-bond donors (Lipinski definition) is 0. The summed E-state index contributed by atoms with van der Waals surface area (Å²) in [4.78, 5) is 8.85. The molecule has 2 heterocycles.